The topological polar surface area (TPSA) is 70.6 Å². The van der Waals surface area contributed by atoms with Crippen molar-refractivity contribution in [3.8, 4) is 0 Å². The number of hydrogen-bond donors (Lipinski definition) is 2. The second kappa shape index (κ2) is 10.5. The van der Waals surface area contributed by atoms with Crippen molar-refractivity contribution in [2.75, 3.05) is 37.9 Å². The SMILES string of the molecule is CN=C(NCCCCSC)NCCS(=O)(=O)c1ccccc1. The van der Waals surface area contributed by atoms with Crippen LogP contribution in [0.5, 0.6) is 0 Å². The Bertz CT molecular complexity index is 545. The molecule has 5 nitrogen and oxygen atoms in total. The zero-order chi connectivity index (χ0) is 16.3. The van der Waals surface area contributed by atoms with Crippen molar-refractivity contribution in [1.29, 1.82) is 0 Å². The van der Waals surface area contributed by atoms with Crippen LogP contribution in [0.1, 0.15) is 12.8 Å². The van der Waals surface area contributed by atoms with Crippen molar-refractivity contribution in [1.82, 2.24) is 10.6 Å². The van der Waals surface area contributed by atoms with Gasteiger partial charge in [0.05, 0.1) is 10.6 Å². The summed E-state index contributed by atoms with van der Waals surface area (Å²) in [4.78, 5) is 4.45. The normalized spacial score (nSPS) is 12.2. The number of unbranched alkanes of at least 4 members (excludes halogenated alkanes) is 1. The van der Waals surface area contributed by atoms with E-state index in [2.05, 4.69) is 21.9 Å². The molecule has 0 spiro atoms. The first-order chi connectivity index (χ1) is 10.6. The first kappa shape index (κ1) is 18.8. The molecule has 0 amide bonds. The lowest BCUT2D eigenvalue weighted by molar-refractivity contribution is 0.594. The number of nitrogens with zero attached hydrogens (tertiary/aromatic N) is 1. The predicted molar refractivity (Wildman–Crippen MR) is 95.5 cm³/mol. The van der Waals surface area contributed by atoms with Gasteiger partial charge < -0.3 is 10.6 Å². The number of nitrogens with one attached hydrogen (secondary N) is 2. The van der Waals surface area contributed by atoms with Crippen LogP contribution in [-0.4, -0.2) is 52.3 Å². The summed E-state index contributed by atoms with van der Waals surface area (Å²) in [6.07, 6.45) is 4.33. The number of benzene rings is 1. The van der Waals surface area contributed by atoms with Crippen LogP contribution in [0.3, 0.4) is 0 Å². The quantitative estimate of drug-likeness (QED) is 0.406. The number of sulfone groups is 1. The van der Waals surface area contributed by atoms with Crippen molar-refractivity contribution in [3.63, 3.8) is 0 Å². The van der Waals surface area contributed by atoms with Crippen LogP contribution in [0.2, 0.25) is 0 Å². The molecule has 0 atom stereocenters. The molecule has 0 aliphatic heterocycles. The Morgan fingerprint density at radius 2 is 1.82 bits per heavy atom. The number of thioether (sulfide) groups is 1. The standard InChI is InChI=1S/C15H25N3O2S2/c1-16-15(17-10-6-7-12-21-2)18-11-13-22(19,20)14-8-4-3-5-9-14/h3-5,8-9H,6-7,10-13H2,1-2H3,(H2,16,17,18). The molecule has 1 aromatic rings. The van der Waals surface area contributed by atoms with E-state index < -0.39 is 9.84 Å². The monoisotopic (exact) mass is 343 g/mol. The van der Waals surface area contributed by atoms with Crippen molar-refractivity contribution >= 4 is 27.6 Å². The molecule has 1 aromatic carbocycles. The molecule has 0 aliphatic carbocycles. The van der Waals surface area contributed by atoms with Crippen molar-refractivity contribution in [2.24, 2.45) is 4.99 Å². The van der Waals surface area contributed by atoms with Gasteiger partial charge in [-0.15, -0.1) is 0 Å². The summed E-state index contributed by atoms with van der Waals surface area (Å²) in [5.41, 5.74) is 0. The first-order valence-electron chi connectivity index (χ1n) is 7.31. The Kier molecular flexibility index (Phi) is 9.00. The van der Waals surface area contributed by atoms with Crippen LogP contribution in [-0.2, 0) is 9.84 Å². The number of rotatable bonds is 9. The van der Waals surface area contributed by atoms with Gasteiger partial charge in [0, 0.05) is 20.1 Å². The average molecular weight is 344 g/mol. The number of guanidine groups is 1. The highest BCUT2D eigenvalue weighted by atomic mass is 32.2. The third-order valence-corrected chi connectivity index (χ3v) is 5.49. The van der Waals surface area contributed by atoms with Crippen LogP contribution < -0.4 is 10.6 Å². The summed E-state index contributed by atoms with van der Waals surface area (Å²) >= 11 is 1.84. The molecule has 0 radical (unpaired) electrons. The van der Waals surface area contributed by atoms with E-state index in [0.29, 0.717) is 17.4 Å². The molecule has 2 N–H and O–H groups in total. The Hall–Kier alpha value is -1.21. The molecular formula is C15H25N3O2S2. The van der Waals surface area contributed by atoms with Gasteiger partial charge in [-0.2, -0.15) is 11.8 Å². The lowest BCUT2D eigenvalue weighted by Crippen LogP contribution is -2.40. The molecule has 0 saturated heterocycles. The van der Waals surface area contributed by atoms with E-state index in [4.69, 9.17) is 0 Å². The molecule has 7 heteroatoms. The third-order valence-electron chi connectivity index (χ3n) is 3.06. The Labute approximate surface area is 137 Å². The van der Waals surface area contributed by atoms with Gasteiger partial charge in [0.2, 0.25) is 0 Å². The minimum absolute atomic E-state index is 0.0458. The molecule has 0 bridgehead atoms. The molecule has 124 valence electrons. The van der Waals surface area contributed by atoms with Crippen molar-refractivity contribution in [3.05, 3.63) is 30.3 Å². The minimum Gasteiger partial charge on any atom is -0.356 e. The van der Waals surface area contributed by atoms with Gasteiger partial charge in [-0.05, 0) is 37.0 Å². The largest absolute Gasteiger partial charge is 0.356 e. The van der Waals surface area contributed by atoms with Gasteiger partial charge in [-0.1, -0.05) is 18.2 Å². The second-order valence-electron chi connectivity index (χ2n) is 4.76. The molecular weight excluding hydrogens is 318 g/mol. The van der Waals surface area contributed by atoms with Crippen LogP contribution in [0.25, 0.3) is 0 Å². The number of hydrogen-bond acceptors (Lipinski definition) is 4. The van der Waals surface area contributed by atoms with E-state index in [-0.39, 0.29) is 5.75 Å². The Morgan fingerprint density at radius 1 is 1.14 bits per heavy atom. The summed E-state index contributed by atoms with van der Waals surface area (Å²) < 4.78 is 24.3. The van der Waals surface area contributed by atoms with E-state index in [1.807, 2.05) is 11.8 Å². The Morgan fingerprint density at radius 3 is 2.45 bits per heavy atom. The molecule has 0 heterocycles. The third kappa shape index (κ3) is 7.17. The highest BCUT2D eigenvalue weighted by molar-refractivity contribution is 7.98. The lowest BCUT2D eigenvalue weighted by Gasteiger charge is -2.12. The number of aliphatic imine (C=N–C) groups is 1. The summed E-state index contributed by atoms with van der Waals surface area (Å²) in [5.74, 6) is 1.85. The zero-order valence-electron chi connectivity index (χ0n) is 13.2. The van der Waals surface area contributed by atoms with E-state index in [1.54, 1.807) is 37.4 Å². The molecule has 22 heavy (non-hydrogen) atoms. The van der Waals surface area contributed by atoms with Gasteiger partial charge in [-0.3, -0.25) is 4.99 Å². The highest BCUT2D eigenvalue weighted by Crippen LogP contribution is 2.09. The van der Waals surface area contributed by atoms with E-state index in [9.17, 15) is 8.42 Å². The smallest absolute Gasteiger partial charge is 0.191 e. The molecule has 0 saturated carbocycles. The fraction of sp³-hybridized carbons (Fsp3) is 0.533. The fourth-order valence-corrected chi connectivity index (χ4v) is 3.52. The van der Waals surface area contributed by atoms with E-state index >= 15 is 0 Å². The maximum absolute atomic E-state index is 12.1. The minimum atomic E-state index is -3.24. The Balaban J connectivity index is 2.32. The molecule has 0 fully saturated rings. The van der Waals surface area contributed by atoms with E-state index in [1.165, 1.54) is 0 Å². The van der Waals surface area contributed by atoms with Gasteiger partial charge in [0.15, 0.2) is 15.8 Å². The summed E-state index contributed by atoms with van der Waals surface area (Å²) in [5, 5.41) is 6.23. The van der Waals surface area contributed by atoms with Crippen LogP contribution in [0.4, 0.5) is 0 Å². The molecule has 0 aromatic heterocycles. The lowest BCUT2D eigenvalue weighted by atomic mass is 10.3. The summed E-state index contributed by atoms with van der Waals surface area (Å²) in [6.45, 7) is 1.17. The zero-order valence-corrected chi connectivity index (χ0v) is 14.8. The van der Waals surface area contributed by atoms with Crippen LogP contribution >= 0.6 is 11.8 Å². The van der Waals surface area contributed by atoms with E-state index in [0.717, 1.165) is 25.1 Å². The molecule has 0 aliphatic rings. The predicted octanol–water partition coefficient (Wildman–Crippen LogP) is 1.77. The van der Waals surface area contributed by atoms with Gasteiger partial charge in [-0.25, -0.2) is 8.42 Å². The van der Waals surface area contributed by atoms with Crippen LogP contribution in [0.15, 0.2) is 40.2 Å². The maximum atomic E-state index is 12.1. The fourth-order valence-electron chi connectivity index (χ4n) is 1.85. The summed E-state index contributed by atoms with van der Waals surface area (Å²) in [6, 6.07) is 8.51. The molecule has 0 unspecified atom stereocenters. The average Bonchev–Trinajstić information content (AvgIpc) is 2.53. The van der Waals surface area contributed by atoms with Gasteiger partial charge in [0.25, 0.3) is 0 Å². The maximum Gasteiger partial charge on any atom is 0.191 e. The highest BCUT2D eigenvalue weighted by Gasteiger charge is 2.13. The van der Waals surface area contributed by atoms with Gasteiger partial charge in [0.1, 0.15) is 0 Å². The van der Waals surface area contributed by atoms with Crippen LogP contribution in [0, 0.1) is 0 Å². The molecule has 1 rings (SSSR count). The van der Waals surface area contributed by atoms with Gasteiger partial charge >= 0.3 is 0 Å². The van der Waals surface area contributed by atoms with Crippen molar-refractivity contribution < 1.29 is 8.42 Å². The summed E-state index contributed by atoms with van der Waals surface area (Å²) in [7, 11) is -1.56. The van der Waals surface area contributed by atoms with Crippen molar-refractivity contribution in [2.45, 2.75) is 17.7 Å². The first-order valence-corrected chi connectivity index (χ1v) is 10.4. The second-order valence-corrected chi connectivity index (χ2v) is 7.85.